The van der Waals surface area contributed by atoms with Gasteiger partial charge in [0.05, 0.1) is 5.56 Å². The Bertz CT molecular complexity index is 319. The van der Waals surface area contributed by atoms with Gasteiger partial charge in [0.1, 0.15) is 18.6 Å². The van der Waals surface area contributed by atoms with Gasteiger partial charge in [0, 0.05) is 5.69 Å². The van der Waals surface area contributed by atoms with Crippen molar-refractivity contribution in [2.75, 3.05) is 12.0 Å². The summed E-state index contributed by atoms with van der Waals surface area (Å²) in [5, 5.41) is 19.4. The maximum absolute atomic E-state index is 12.7. The number of halogens is 1. The van der Waals surface area contributed by atoms with Crippen LogP contribution < -0.4 is 5.32 Å². The van der Waals surface area contributed by atoms with E-state index in [2.05, 4.69) is 5.32 Å². The third kappa shape index (κ3) is 1.71. The molecule has 0 fully saturated rings. The van der Waals surface area contributed by atoms with E-state index in [1.54, 1.807) is 6.07 Å². The highest BCUT2D eigenvalue weighted by atomic mass is 19.1. The Kier molecular flexibility index (Phi) is 2.62. The number of aliphatic hydroxyl groups excluding tert-OH is 1. The summed E-state index contributed by atoms with van der Waals surface area (Å²) in [7, 11) is 0. The van der Waals surface area contributed by atoms with Crippen LogP contribution in [-0.4, -0.2) is 11.8 Å². The van der Waals surface area contributed by atoms with Crippen LogP contribution in [0.2, 0.25) is 0 Å². The Balaban J connectivity index is 2.99. The zero-order valence-corrected chi connectivity index (χ0v) is 6.21. The van der Waals surface area contributed by atoms with Crippen molar-refractivity contribution in [2.24, 2.45) is 0 Å². The number of nitrogens with one attached hydrogen (secondary N) is 1. The van der Waals surface area contributed by atoms with Gasteiger partial charge < -0.3 is 10.4 Å². The molecule has 1 aromatic rings. The fraction of sp³-hybridized carbons (Fsp3) is 0.125. The van der Waals surface area contributed by atoms with E-state index in [-0.39, 0.29) is 12.3 Å². The molecular formula is C8H7FN2O. The van der Waals surface area contributed by atoms with E-state index >= 15 is 0 Å². The molecule has 0 saturated carbocycles. The van der Waals surface area contributed by atoms with Crippen molar-refractivity contribution in [1.82, 2.24) is 0 Å². The fourth-order valence-electron chi connectivity index (χ4n) is 0.812. The maximum Gasteiger partial charge on any atom is 0.141 e. The highest BCUT2D eigenvalue weighted by Gasteiger charge is 2.00. The molecule has 0 aliphatic carbocycles. The predicted molar refractivity (Wildman–Crippen MR) is 41.8 cm³/mol. The monoisotopic (exact) mass is 166 g/mol. The zero-order chi connectivity index (χ0) is 8.97. The van der Waals surface area contributed by atoms with Crippen molar-refractivity contribution in [3.63, 3.8) is 0 Å². The minimum atomic E-state index is -0.555. The van der Waals surface area contributed by atoms with Crippen LogP contribution in [0.3, 0.4) is 0 Å². The summed E-state index contributed by atoms with van der Waals surface area (Å²) in [6.07, 6.45) is 0. The topological polar surface area (TPSA) is 56.0 Å². The Morgan fingerprint density at radius 2 is 2.33 bits per heavy atom. The molecule has 62 valence electrons. The third-order valence-electron chi connectivity index (χ3n) is 1.37. The minimum Gasteiger partial charge on any atom is -0.377 e. The lowest BCUT2D eigenvalue weighted by atomic mass is 10.2. The second-order valence-electron chi connectivity index (χ2n) is 2.14. The molecule has 1 aromatic carbocycles. The minimum absolute atomic E-state index is 0.0338. The van der Waals surface area contributed by atoms with Crippen LogP contribution in [-0.2, 0) is 0 Å². The Morgan fingerprint density at radius 3 is 2.92 bits per heavy atom. The molecule has 0 aliphatic rings. The number of nitrogens with zero attached hydrogens (tertiary/aromatic N) is 1. The molecule has 0 spiro atoms. The number of aliphatic hydroxyl groups is 1. The Hall–Kier alpha value is -1.60. The van der Waals surface area contributed by atoms with Gasteiger partial charge in [0.25, 0.3) is 0 Å². The fourth-order valence-corrected chi connectivity index (χ4v) is 0.812. The Morgan fingerprint density at radius 1 is 1.58 bits per heavy atom. The third-order valence-corrected chi connectivity index (χ3v) is 1.37. The van der Waals surface area contributed by atoms with E-state index in [1.165, 1.54) is 18.2 Å². The first-order chi connectivity index (χ1) is 5.77. The van der Waals surface area contributed by atoms with Crippen molar-refractivity contribution in [3.8, 4) is 6.07 Å². The van der Waals surface area contributed by atoms with Crippen molar-refractivity contribution < 1.29 is 9.50 Å². The molecule has 0 aromatic heterocycles. The first kappa shape index (κ1) is 8.50. The van der Waals surface area contributed by atoms with E-state index in [4.69, 9.17) is 10.4 Å². The highest BCUT2D eigenvalue weighted by Crippen LogP contribution is 2.12. The SMILES string of the molecule is N#Cc1cc(NCO)ccc1F. The van der Waals surface area contributed by atoms with Gasteiger partial charge in [-0.05, 0) is 18.2 Å². The van der Waals surface area contributed by atoms with Gasteiger partial charge in [0.15, 0.2) is 0 Å². The van der Waals surface area contributed by atoms with E-state index in [9.17, 15) is 4.39 Å². The smallest absolute Gasteiger partial charge is 0.141 e. The van der Waals surface area contributed by atoms with Crippen LogP contribution in [0.1, 0.15) is 5.56 Å². The molecule has 0 saturated heterocycles. The van der Waals surface area contributed by atoms with Crippen molar-refractivity contribution in [3.05, 3.63) is 29.6 Å². The summed E-state index contributed by atoms with van der Waals surface area (Å²) < 4.78 is 12.7. The number of benzene rings is 1. The molecule has 0 bridgehead atoms. The van der Waals surface area contributed by atoms with Gasteiger partial charge in [-0.15, -0.1) is 0 Å². The van der Waals surface area contributed by atoms with Gasteiger partial charge >= 0.3 is 0 Å². The average molecular weight is 166 g/mol. The largest absolute Gasteiger partial charge is 0.377 e. The summed E-state index contributed by atoms with van der Waals surface area (Å²) in [6, 6.07) is 5.66. The van der Waals surface area contributed by atoms with E-state index < -0.39 is 5.82 Å². The van der Waals surface area contributed by atoms with Gasteiger partial charge in [0.2, 0.25) is 0 Å². The van der Waals surface area contributed by atoms with Gasteiger partial charge in [-0.1, -0.05) is 0 Å². The lowest BCUT2D eigenvalue weighted by molar-refractivity contribution is 0.325. The standard InChI is InChI=1S/C8H7FN2O/c9-8-2-1-7(11-5-12)3-6(8)4-10/h1-3,11-12H,5H2. The summed E-state index contributed by atoms with van der Waals surface area (Å²) in [4.78, 5) is 0. The molecular weight excluding hydrogens is 159 g/mol. The summed E-state index contributed by atoms with van der Waals surface area (Å²) in [5.74, 6) is -0.555. The lowest BCUT2D eigenvalue weighted by Gasteiger charge is -2.01. The number of hydrogen-bond acceptors (Lipinski definition) is 3. The maximum atomic E-state index is 12.7. The van der Waals surface area contributed by atoms with Crippen LogP contribution in [0.4, 0.5) is 10.1 Å². The zero-order valence-electron chi connectivity index (χ0n) is 6.21. The van der Waals surface area contributed by atoms with Crippen LogP contribution in [0.15, 0.2) is 18.2 Å². The molecule has 0 amide bonds. The van der Waals surface area contributed by atoms with E-state index in [0.29, 0.717) is 5.69 Å². The number of rotatable bonds is 2. The predicted octanol–water partition coefficient (Wildman–Crippen LogP) is 1.06. The van der Waals surface area contributed by atoms with Crippen LogP contribution >= 0.6 is 0 Å². The molecule has 0 unspecified atom stereocenters. The second kappa shape index (κ2) is 3.69. The quantitative estimate of drug-likeness (QED) is 0.646. The van der Waals surface area contributed by atoms with Crippen LogP contribution in [0, 0.1) is 17.1 Å². The lowest BCUT2D eigenvalue weighted by Crippen LogP contribution is -1.99. The van der Waals surface area contributed by atoms with Crippen molar-refractivity contribution in [2.45, 2.75) is 0 Å². The number of hydrogen-bond donors (Lipinski definition) is 2. The summed E-state index contributed by atoms with van der Waals surface area (Å²) in [5.41, 5.74) is 0.490. The molecule has 4 heteroatoms. The molecule has 0 radical (unpaired) electrons. The van der Waals surface area contributed by atoms with Gasteiger partial charge in [-0.2, -0.15) is 5.26 Å². The van der Waals surface area contributed by atoms with Crippen molar-refractivity contribution in [1.29, 1.82) is 5.26 Å². The van der Waals surface area contributed by atoms with Crippen LogP contribution in [0.25, 0.3) is 0 Å². The Labute approximate surface area is 69.1 Å². The average Bonchev–Trinajstić information content (AvgIpc) is 2.09. The molecule has 3 nitrogen and oxygen atoms in total. The molecule has 2 N–H and O–H groups in total. The van der Waals surface area contributed by atoms with Gasteiger partial charge in [-0.3, -0.25) is 0 Å². The summed E-state index contributed by atoms with van der Waals surface area (Å²) >= 11 is 0. The van der Waals surface area contributed by atoms with Crippen molar-refractivity contribution >= 4 is 5.69 Å². The molecule has 1 rings (SSSR count). The number of anilines is 1. The number of nitriles is 1. The van der Waals surface area contributed by atoms with Gasteiger partial charge in [-0.25, -0.2) is 4.39 Å². The molecule has 12 heavy (non-hydrogen) atoms. The molecule has 0 atom stereocenters. The first-order valence-electron chi connectivity index (χ1n) is 3.32. The van der Waals surface area contributed by atoms with E-state index in [1.807, 2.05) is 0 Å². The summed E-state index contributed by atoms with van der Waals surface area (Å²) in [6.45, 7) is -0.240. The normalized spacial score (nSPS) is 9.08. The highest BCUT2D eigenvalue weighted by molar-refractivity contribution is 5.49. The first-order valence-corrected chi connectivity index (χ1v) is 3.32. The van der Waals surface area contributed by atoms with E-state index in [0.717, 1.165) is 0 Å². The molecule has 0 aliphatic heterocycles. The van der Waals surface area contributed by atoms with Crippen LogP contribution in [0.5, 0.6) is 0 Å². The molecule has 0 heterocycles. The second-order valence-corrected chi connectivity index (χ2v) is 2.14.